The predicted molar refractivity (Wildman–Crippen MR) is 64.8 cm³/mol. The van der Waals surface area contributed by atoms with Crippen molar-refractivity contribution in [1.82, 2.24) is 10.6 Å². The molecule has 3 fully saturated rings. The third-order valence-corrected chi connectivity index (χ3v) is 4.05. The van der Waals surface area contributed by atoms with E-state index in [-0.39, 0.29) is 17.9 Å². The minimum absolute atomic E-state index is 0.0742. The standard InChI is InChI=1S/C13H20N2O3/c16-11(14-8-10-2-1-7-18-10)13(5-6-13)12(17)15-9-3-4-9/h9-10H,1-8H2,(H,14,16)(H,15,17). The van der Waals surface area contributed by atoms with Crippen LogP contribution >= 0.6 is 0 Å². The number of hydrogen-bond donors (Lipinski definition) is 2. The minimum Gasteiger partial charge on any atom is -0.376 e. The second-order valence-electron chi connectivity index (χ2n) is 5.67. The highest BCUT2D eigenvalue weighted by Gasteiger charge is 2.57. The number of amides is 2. The number of hydrogen-bond acceptors (Lipinski definition) is 3. The third-order valence-electron chi connectivity index (χ3n) is 4.05. The molecule has 18 heavy (non-hydrogen) atoms. The molecule has 1 saturated heterocycles. The average molecular weight is 252 g/mol. The molecule has 0 radical (unpaired) electrons. The zero-order valence-corrected chi connectivity index (χ0v) is 10.5. The number of carbonyl (C=O) groups is 2. The molecule has 0 bridgehead atoms. The van der Waals surface area contributed by atoms with Gasteiger partial charge in [0, 0.05) is 19.2 Å². The molecule has 3 aliphatic rings. The van der Waals surface area contributed by atoms with Gasteiger partial charge in [-0.05, 0) is 38.5 Å². The summed E-state index contributed by atoms with van der Waals surface area (Å²) < 4.78 is 5.46. The lowest BCUT2D eigenvalue weighted by atomic mass is 10.0. The first kappa shape index (κ1) is 12.0. The van der Waals surface area contributed by atoms with Crippen molar-refractivity contribution in [3.05, 3.63) is 0 Å². The fourth-order valence-corrected chi connectivity index (χ4v) is 2.41. The van der Waals surface area contributed by atoms with Crippen LogP contribution in [0.3, 0.4) is 0 Å². The number of carbonyl (C=O) groups excluding carboxylic acids is 2. The maximum absolute atomic E-state index is 12.1. The molecule has 5 heteroatoms. The Balaban J connectivity index is 1.49. The third kappa shape index (κ3) is 2.36. The van der Waals surface area contributed by atoms with E-state index in [1.165, 1.54) is 0 Å². The van der Waals surface area contributed by atoms with E-state index in [2.05, 4.69) is 10.6 Å². The molecule has 0 aromatic heterocycles. The summed E-state index contributed by atoms with van der Waals surface area (Å²) >= 11 is 0. The van der Waals surface area contributed by atoms with Crippen molar-refractivity contribution in [3.63, 3.8) is 0 Å². The summed E-state index contributed by atoms with van der Waals surface area (Å²) in [5.74, 6) is -0.189. The Bertz CT molecular complexity index is 355. The van der Waals surface area contributed by atoms with Gasteiger partial charge >= 0.3 is 0 Å². The summed E-state index contributed by atoms with van der Waals surface area (Å²) in [4.78, 5) is 24.1. The van der Waals surface area contributed by atoms with Crippen molar-refractivity contribution in [2.45, 2.75) is 50.7 Å². The highest BCUT2D eigenvalue weighted by Crippen LogP contribution is 2.46. The van der Waals surface area contributed by atoms with Crippen molar-refractivity contribution in [2.24, 2.45) is 5.41 Å². The molecule has 3 rings (SSSR count). The van der Waals surface area contributed by atoms with E-state index in [9.17, 15) is 9.59 Å². The zero-order chi connectivity index (χ0) is 12.6. The van der Waals surface area contributed by atoms with E-state index in [0.717, 1.165) is 32.3 Å². The van der Waals surface area contributed by atoms with Crippen molar-refractivity contribution in [1.29, 1.82) is 0 Å². The maximum atomic E-state index is 12.1. The summed E-state index contributed by atoms with van der Waals surface area (Å²) in [5.41, 5.74) is -0.763. The maximum Gasteiger partial charge on any atom is 0.235 e. The van der Waals surface area contributed by atoms with Gasteiger partial charge in [0.15, 0.2) is 0 Å². The highest BCUT2D eigenvalue weighted by atomic mass is 16.5. The Morgan fingerprint density at radius 3 is 2.50 bits per heavy atom. The van der Waals surface area contributed by atoms with E-state index < -0.39 is 5.41 Å². The SMILES string of the molecule is O=C(NCC1CCCO1)C1(C(=O)NC2CC2)CC1. The number of nitrogens with one attached hydrogen (secondary N) is 2. The summed E-state index contributed by atoms with van der Waals surface area (Å²) in [7, 11) is 0. The lowest BCUT2D eigenvalue weighted by molar-refractivity contribution is -0.137. The summed E-state index contributed by atoms with van der Waals surface area (Å²) in [5, 5.41) is 5.81. The molecule has 0 aromatic carbocycles. The molecule has 2 N–H and O–H groups in total. The molecule has 1 heterocycles. The van der Waals surface area contributed by atoms with Gasteiger partial charge in [-0.1, -0.05) is 0 Å². The predicted octanol–water partition coefficient (Wildman–Crippen LogP) is 0.340. The topological polar surface area (TPSA) is 67.4 Å². The number of rotatable bonds is 5. The van der Waals surface area contributed by atoms with Crippen LogP contribution in [-0.4, -0.2) is 37.1 Å². The molecule has 0 spiro atoms. The first-order valence-electron chi connectivity index (χ1n) is 6.91. The summed E-state index contributed by atoms with van der Waals surface area (Å²) in [6.45, 7) is 1.32. The van der Waals surface area contributed by atoms with E-state index in [1.807, 2.05) is 0 Å². The Morgan fingerprint density at radius 2 is 1.94 bits per heavy atom. The molecule has 1 atom stereocenters. The molecule has 2 aliphatic carbocycles. The van der Waals surface area contributed by atoms with Crippen LogP contribution in [0, 0.1) is 5.41 Å². The van der Waals surface area contributed by atoms with Gasteiger partial charge in [0.25, 0.3) is 0 Å². The molecule has 2 saturated carbocycles. The van der Waals surface area contributed by atoms with Crippen molar-refractivity contribution in [3.8, 4) is 0 Å². The van der Waals surface area contributed by atoms with Crippen LogP contribution in [0.1, 0.15) is 38.5 Å². The van der Waals surface area contributed by atoms with Gasteiger partial charge in [0.1, 0.15) is 5.41 Å². The van der Waals surface area contributed by atoms with Gasteiger partial charge in [0.05, 0.1) is 6.10 Å². The Morgan fingerprint density at radius 1 is 1.17 bits per heavy atom. The Kier molecular flexibility index (Phi) is 3.01. The van der Waals surface area contributed by atoms with E-state index in [0.29, 0.717) is 25.4 Å². The van der Waals surface area contributed by atoms with Crippen LogP contribution in [0.25, 0.3) is 0 Å². The first-order chi connectivity index (χ1) is 8.71. The molecule has 1 aliphatic heterocycles. The highest BCUT2D eigenvalue weighted by molar-refractivity contribution is 6.08. The van der Waals surface area contributed by atoms with E-state index in [1.54, 1.807) is 0 Å². The van der Waals surface area contributed by atoms with Crippen LogP contribution in [0.4, 0.5) is 0 Å². The van der Waals surface area contributed by atoms with Crippen molar-refractivity contribution in [2.75, 3.05) is 13.2 Å². The van der Waals surface area contributed by atoms with Crippen LogP contribution in [0.5, 0.6) is 0 Å². The van der Waals surface area contributed by atoms with Gasteiger partial charge in [0.2, 0.25) is 11.8 Å². The Hall–Kier alpha value is -1.10. The minimum atomic E-state index is -0.763. The molecular formula is C13H20N2O3. The lowest BCUT2D eigenvalue weighted by Crippen LogP contribution is -2.45. The fraction of sp³-hybridized carbons (Fsp3) is 0.846. The van der Waals surface area contributed by atoms with Crippen LogP contribution in [0.2, 0.25) is 0 Å². The molecule has 5 nitrogen and oxygen atoms in total. The lowest BCUT2D eigenvalue weighted by Gasteiger charge is -2.17. The summed E-state index contributed by atoms with van der Waals surface area (Å²) in [6.07, 6.45) is 5.68. The van der Waals surface area contributed by atoms with Gasteiger partial charge in [-0.2, -0.15) is 0 Å². The zero-order valence-electron chi connectivity index (χ0n) is 10.5. The van der Waals surface area contributed by atoms with Crippen LogP contribution in [-0.2, 0) is 14.3 Å². The second-order valence-corrected chi connectivity index (χ2v) is 5.67. The molecule has 100 valence electrons. The van der Waals surface area contributed by atoms with Crippen molar-refractivity contribution < 1.29 is 14.3 Å². The average Bonchev–Trinajstić information content (AvgIpc) is 3.27. The molecule has 1 unspecified atom stereocenters. The normalized spacial score (nSPS) is 28.8. The quantitative estimate of drug-likeness (QED) is 0.693. The van der Waals surface area contributed by atoms with Crippen LogP contribution in [0.15, 0.2) is 0 Å². The van der Waals surface area contributed by atoms with Crippen LogP contribution < -0.4 is 10.6 Å². The second kappa shape index (κ2) is 4.53. The molecular weight excluding hydrogens is 232 g/mol. The van der Waals surface area contributed by atoms with Gasteiger partial charge < -0.3 is 15.4 Å². The van der Waals surface area contributed by atoms with Gasteiger partial charge in [-0.15, -0.1) is 0 Å². The molecule has 0 aromatic rings. The first-order valence-corrected chi connectivity index (χ1v) is 6.91. The van der Waals surface area contributed by atoms with Crippen molar-refractivity contribution >= 4 is 11.8 Å². The van der Waals surface area contributed by atoms with E-state index >= 15 is 0 Å². The Labute approximate surface area is 107 Å². The number of ether oxygens (including phenoxy) is 1. The largest absolute Gasteiger partial charge is 0.376 e. The monoisotopic (exact) mass is 252 g/mol. The van der Waals surface area contributed by atoms with Gasteiger partial charge in [-0.3, -0.25) is 9.59 Å². The summed E-state index contributed by atoms with van der Waals surface area (Å²) in [6, 6.07) is 0.320. The van der Waals surface area contributed by atoms with Gasteiger partial charge in [-0.25, -0.2) is 0 Å². The fourth-order valence-electron chi connectivity index (χ4n) is 2.41. The van der Waals surface area contributed by atoms with E-state index in [4.69, 9.17) is 4.74 Å². The molecule has 2 amide bonds. The smallest absolute Gasteiger partial charge is 0.235 e.